The molecule has 4 aromatic carbocycles. The third-order valence-corrected chi connectivity index (χ3v) is 16.0. The number of rotatable bonds is 4. The Labute approximate surface area is 380 Å². The molecule has 0 radical (unpaired) electrons. The summed E-state index contributed by atoms with van der Waals surface area (Å²) in [5, 5.41) is 5.97. The normalized spacial score (nSPS) is 13.2. The van der Waals surface area contributed by atoms with Gasteiger partial charge < -0.3 is 37.2 Å². The molecule has 56 heavy (non-hydrogen) atoms. The Balaban J connectivity index is 0.00000756. The van der Waals surface area contributed by atoms with Gasteiger partial charge in [0.05, 0.1) is 0 Å². The molecule has 0 spiro atoms. The third-order valence-electron chi connectivity index (χ3n) is 11.3. The van der Waals surface area contributed by atoms with Crippen LogP contribution in [0.25, 0.3) is 0 Å². The monoisotopic (exact) mass is 868 g/mol. The van der Waals surface area contributed by atoms with Gasteiger partial charge in [0.1, 0.15) is 8.07 Å². The van der Waals surface area contributed by atoms with Crippen LogP contribution < -0.4 is 58.0 Å². The molecular weight excluding hydrogens is 795 g/mol. The zero-order chi connectivity index (χ0) is 39.8. The molecule has 4 rings (SSSR count). The van der Waals surface area contributed by atoms with E-state index in [1.807, 2.05) is 0 Å². The molecule has 0 aliphatic rings. The van der Waals surface area contributed by atoms with Gasteiger partial charge >= 0.3 is 21.7 Å². The first kappa shape index (κ1) is 54.8. The number of hydrogen-bond donors (Lipinski definition) is 0. The van der Waals surface area contributed by atoms with Gasteiger partial charge in [0.25, 0.3) is 0 Å². The van der Waals surface area contributed by atoms with E-state index in [1.54, 1.807) is 0 Å². The molecule has 0 amide bonds. The topological polar surface area (TPSA) is 0 Å². The molecule has 0 fully saturated rings. The van der Waals surface area contributed by atoms with Crippen LogP contribution in [0, 0.1) is 0 Å². The van der Waals surface area contributed by atoms with Crippen LogP contribution in [0.15, 0.2) is 72.8 Å². The minimum atomic E-state index is -3.02. The summed E-state index contributed by atoms with van der Waals surface area (Å²) in [7, 11) is -3.02. The average molecular weight is 870 g/mol. The Morgan fingerprint density at radius 3 is 0.679 bits per heavy atom. The minimum Gasteiger partial charge on any atom is -1.00 e. The molecule has 0 saturated carbocycles. The molecule has 0 heterocycles. The van der Waals surface area contributed by atoms with E-state index in [9.17, 15) is 0 Å². The number of benzene rings is 3. The maximum Gasteiger partial charge on any atom is 4.00 e. The predicted octanol–water partition coefficient (Wildman–Crippen LogP) is 2.87. The molecular formula is C51H75Cl3SiTi. The summed E-state index contributed by atoms with van der Waals surface area (Å²) in [4.78, 5) is 0. The van der Waals surface area contributed by atoms with Gasteiger partial charge in [-0.2, -0.15) is 17.7 Å². The summed E-state index contributed by atoms with van der Waals surface area (Å²) in [5.41, 5.74) is 9.91. The van der Waals surface area contributed by atoms with Crippen LogP contribution in [0.2, 0.25) is 0 Å². The Kier molecular flexibility index (Phi) is 17.4. The van der Waals surface area contributed by atoms with Crippen molar-refractivity contribution < 1.29 is 58.9 Å². The second-order valence-electron chi connectivity index (χ2n) is 23.3. The molecule has 0 bridgehead atoms. The Morgan fingerprint density at radius 1 is 0.321 bits per heavy atom. The van der Waals surface area contributed by atoms with Gasteiger partial charge in [-0.3, -0.25) is 0 Å². The molecule has 0 nitrogen and oxygen atoms in total. The van der Waals surface area contributed by atoms with Crippen molar-refractivity contribution in [2.75, 3.05) is 0 Å². The van der Waals surface area contributed by atoms with Crippen molar-refractivity contribution >= 4 is 28.8 Å². The van der Waals surface area contributed by atoms with Gasteiger partial charge in [0, 0.05) is 0 Å². The van der Waals surface area contributed by atoms with Gasteiger partial charge in [-0.25, -0.2) is 6.07 Å². The van der Waals surface area contributed by atoms with Crippen molar-refractivity contribution in [2.45, 2.75) is 183 Å². The van der Waals surface area contributed by atoms with E-state index in [0.29, 0.717) is 0 Å². The van der Waals surface area contributed by atoms with Crippen LogP contribution in [-0.2, 0) is 59.6 Å². The van der Waals surface area contributed by atoms with Crippen LogP contribution in [0.5, 0.6) is 0 Å². The van der Waals surface area contributed by atoms with Gasteiger partial charge in [-0.1, -0.05) is 221 Å². The van der Waals surface area contributed by atoms with Gasteiger partial charge in [0.15, 0.2) is 0 Å². The molecule has 5 heteroatoms. The predicted molar refractivity (Wildman–Crippen MR) is 237 cm³/mol. The molecule has 0 unspecified atom stereocenters. The van der Waals surface area contributed by atoms with E-state index in [1.165, 1.54) is 59.7 Å². The minimum absolute atomic E-state index is 0. The fourth-order valence-electron chi connectivity index (χ4n) is 7.27. The molecule has 0 aromatic heterocycles. The van der Waals surface area contributed by atoms with Gasteiger partial charge in [-0.15, -0.1) is 5.19 Å². The molecule has 0 aliphatic carbocycles. The van der Waals surface area contributed by atoms with Crippen molar-refractivity contribution in [3.8, 4) is 0 Å². The maximum absolute atomic E-state index is 3.02. The van der Waals surface area contributed by atoms with Crippen molar-refractivity contribution in [1.29, 1.82) is 0 Å². The number of hydrogen-bond acceptors (Lipinski definition) is 0. The zero-order valence-corrected chi connectivity index (χ0v) is 43.9. The van der Waals surface area contributed by atoms with Crippen LogP contribution in [0.4, 0.5) is 0 Å². The third kappa shape index (κ3) is 11.8. The standard InChI is InChI=1S/C51H75Si.3ClH.Ti/c1-45(2,3)34-22-23-41(27-34)52(42-28-35(46(4,5)6)24-36(29-42)47(7,8)9,43-30-37(48(10,11)12)25-38(31-43)49(13,14)15)44-32-39(50(16,17)18)26-40(33-44)51(19,20)21;;;;/h22-33H,1-21H3;3*1H;/q-1;;;;+4/p-3. The Hall–Kier alpha value is -1.19. The summed E-state index contributed by atoms with van der Waals surface area (Å²) in [5.74, 6) is 0. The quantitative estimate of drug-likeness (QED) is 0.169. The molecule has 0 aliphatic heterocycles. The number of halogens is 3. The fourth-order valence-corrected chi connectivity index (χ4v) is 12.2. The van der Waals surface area contributed by atoms with Gasteiger partial charge in [-0.05, 0) is 65.9 Å². The average Bonchev–Trinajstić information content (AvgIpc) is 3.46. The van der Waals surface area contributed by atoms with E-state index >= 15 is 0 Å². The second-order valence-corrected chi connectivity index (χ2v) is 27.1. The maximum atomic E-state index is 2.63. The van der Waals surface area contributed by atoms with E-state index in [-0.39, 0.29) is 96.8 Å². The van der Waals surface area contributed by atoms with E-state index in [2.05, 4.69) is 218 Å². The summed E-state index contributed by atoms with van der Waals surface area (Å²) in [6.45, 7) is 50.1. The van der Waals surface area contributed by atoms with Crippen molar-refractivity contribution in [2.24, 2.45) is 0 Å². The van der Waals surface area contributed by atoms with Crippen LogP contribution in [0.1, 0.15) is 184 Å². The molecule has 0 saturated heterocycles. The summed E-state index contributed by atoms with van der Waals surface area (Å²) in [6.07, 6.45) is 0. The van der Waals surface area contributed by atoms with Gasteiger partial charge in [0.2, 0.25) is 0 Å². The molecule has 4 aromatic rings. The first-order valence-electron chi connectivity index (χ1n) is 19.9. The van der Waals surface area contributed by atoms with E-state index < -0.39 is 8.07 Å². The first-order valence-corrected chi connectivity index (χ1v) is 21.9. The van der Waals surface area contributed by atoms with E-state index in [4.69, 9.17) is 0 Å². The van der Waals surface area contributed by atoms with Crippen molar-refractivity contribution in [3.63, 3.8) is 0 Å². The zero-order valence-electron chi connectivity index (χ0n) is 39.1. The Morgan fingerprint density at radius 2 is 0.518 bits per heavy atom. The second kappa shape index (κ2) is 17.8. The molecule has 0 N–H and O–H groups in total. The van der Waals surface area contributed by atoms with Crippen molar-refractivity contribution in [1.82, 2.24) is 0 Å². The van der Waals surface area contributed by atoms with Crippen LogP contribution >= 0.6 is 0 Å². The Bertz CT molecular complexity index is 1640. The smallest absolute Gasteiger partial charge is 1.00 e. The van der Waals surface area contributed by atoms with Crippen LogP contribution in [-0.4, -0.2) is 8.07 Å². The summed E-state index contributed by atoms with van der Waals surface area (Å²) >= 11 is 0. The largest absolute Gasteiger partial charge is 4.00 e. The fraction of sp³-hybridized carbons (Fsp3) is 0.549. The van der Waals surface area contributed by atoms with Crippen molar-refractivity contribution in [3.05, 3.63) is 112 Å². The summed E-state index contributed by atoms with van der Waals surface area (Å²) < 4.78 is 0. The van der Waals surface area contributed by atoms with Crippen LogP contribution in [0.3, 0.4) is 0 Å². The van der Waals surface area contributed by atoms with E-state index in [0.717, 1.165) is 0 Å². The molecule has 0 atom stereocenters. The molecule has 308 valence electrons. The SMILES string of the molecule is CC(C)(C)c1cc(C(C)(C)C)cc([Si](c2cc(C(C)(C)C)cc(C(C)(C)C)c2)(c2cc(C(C)(C)C)cc(C(C)(C)C)c2)[c-]2ccc(C(C)(C)C)c2)c1.[Cl-].[Cl-].[Cl-].[Ti+4]. The summed E-state index contributed by atoms with van der Waals surface area (Å²) in [6, 6.07) is 30.9. The first-order chi connectivity index (χ1) is 23.2.